The van der Waals surface area contributed by atoms with E-state index in [-0.39, 0.29) is 17.0 Å². The summed E-state index contributed by atoms with van der Waals surface area (Å²) >= 11 is 5.81. The normalized spacial score (nSPS) is 11.7. The molecule has 0 aliphatic carbocycles. The van der Waals surface area contributed by atoms with E-state index in [0.717, 1.165) is 0 Å². The molecule has 0 aliphatic heterocycles. The first-order chi connectivity index (χ1) is 12.2. The summed E-state index contributed by atoms with van der Waals surface area (Å²) in [5, 5.41) is 8.99. The molecule has 0 radical (unpaired) electrons. The Hall–Kier alpha value is -2.36. The lowest BCUT2D eigenvalue weighted by Gasteiger charge is -2.08. The fraction of sp³-hybridized carbons (Fsp3) is 0.0625. The van der Waals surface area contributed by atoms with Gasteiger partial charge in [-0.1, -0.05) is 28.9 Å². The first-order valence-corrected chi connectivity index (χ1v) is 8.97. The van der Waals surface area contributed by atoms with Crippen LogP contribution in [0, 0.1) is 11.6 Å². The van der Waals surface area contributed by atoms with Crippen LogP contribution in [0.1, 0.15) is 5.76 Å². The molecule has 1 aromatic heterocycles. The molecule has 2 N–H and O–H groups in total. The summed E-state index contributed by atoms with van der Waals surface area (Å²) in [4.78, 5) is -1.01. The maximum atomic E-state index is 14.5. The van der Waals surface area contributed by atoms with Crippen LogP contribution in [-0.2, 0) is 16.7 Å². The summed E-state index contributed by atoms with van der Waals surface area (Å²) < 4.78 is 69.4. The van der Waals surface area contributed by atoms with E-state index in [9.17, 15) is 21.6 Å². The first-order valence-electron chi connectivity index (χ1n) is 7.05. The number of nitrogens with two attached hydrogens (primary N) is 1. The summed E-state index contributed by atoms with van der Waals surface area (Å²) in [6, 6.07) is 7.19. The van der Waals surface area contributed by atoms with E-state index in [4.69, 9.17) is 21.3 Å². The molecule has 0 bridgehead atoms. The molecule has 5 nitrogen and oxygen atoms in total. The number of hydrogen-bond donors (Lipinski definition) is 1. The van der Waals surface area contributed by atoms with Crippen molar-refractivity contribution in [3.63, 3.8) is 0 Å². The highest BCUT2D eigenvalue weighted by Gasteiger charge is 2.25. The van der Waals surface area contributed by atoms with Crippen LogP contribution in [-0.4, -0.2) is 13.6 Å². The third-order valence-corrected chi connectivity index (χ3v) is 4.78. The second-order valence-electron chi connectivity index (χ2n) is 5.28. The van der Waals surface area contributed by atoms with Crippen molar-refractivity contribution in [1.82, 2.24) is 5.16 Å². The van der Waals surface area contributed by atoms with Gasteiger partial charge in [0.25, 0.3) is 0 Å². The summed E-state index contributed by atoms with van der Waals surface area (Å²) in [7, 11) is -4.47. The highest BCUT2D eigenvalue weighted by Crippen LogP contribution is 2.38. The third-order valence-electron chi connectivity index (χ3n) is 3.60. The van der Waals surface area contributed by atoms with Crippen molar-refractivity contribution >= 4 is 21.6 Å². The smallest absolute Gasteiger partial charge is 0.241 e. The maximum absolute atomic E-state index is 14.5. The largest absolute Gasteiger partial charge is 0.357 e. The van der Waals surface area contributed by atoms with E-state index in [1.165, 1.54) is 12.1 Å². The molecule has 1 heterocycles. The first kappa shape index (κ1) is 18.4. The van der Waals surface area contributed by atoms with Crippen LogP contribution in [0.2, 0.25) is 5.02 Å². The van der Waals surface area contributed by atoms with Gasteiger partial charge in [0, 0.05) is 16.1 Å². The molecule has 2 aromatic carbocycles. The molecular formula is C16H10ClF3N2O3S. The molecule has 26 heavy (non-hydrogen) atoms. The number of halogens is 4. The maximum Gasteiger partial charge on any atom is 0.241 e. The predicted octanol–water partition coefficient (Wildman–Crippen LogP) is 4.06. The number of alkyl halides is 1. The summed E-state index contributed by atoms with van der Waals surface area (Å²) in [6.45, 7) is -1.13. The van der Waals surface area contributed by atoms with Crippen molar-refractivity contribution in [1.29, 1.82) is 0 Å². The van der Waals surface area contributed by atoms with Gasteiger partial charge in [-0.15, -0.1) is 0 Å². The van der Waals surface area contributed by atoms with Crippen molar-refractivity contribution in [3.8, 4) is 22.4 Å². The van der Waals surface area contributed by atoms with Crippen LogP contribution in [0.4, 0.5) is 13.2 Å². The Balaban J connectivity index is 2.26. The minimum Gasteiger partial charge on any atom is -0.357 e. The number of hydrogen-bond acceptors (Lipinski definition) is 4. The molecule has 3 aromatic rings. The molecule has 0 spiro atoms. The van der Waals surface area contributed by atoms with Gasteiger partial charge in [-0.2, -0.15) is 0 Å². The predicted molar refractivity (Wildman–Crippen MR) is 88.5 cm³/mol. The van der Waals surface area contributed by atoms with Crippen LogP contribution in [0.15, 0.2) is 45.8 Å². The molecule has 0 saturated carbocycles. The zero-order valence-electron chi connectivity index (χ0n) is 12.8. The molecule has 0 amide bonds. The number of nitrogens with zero attached hydrogens (tertiary/aromatic N) is 1. The number of sulfonamides is 1. The van der Waals surface area contributed by atoms with Gasteiger partial charge in [0.2, 0.25) is 10.0 Å². The SMILES string of the molecule is NS(=O)(=O)c1cc(F)c(-c2c(-c3ccc(Cl)cc3)noc2CF)cc1F. The molecule has 0 aliphatic rings. The van der Waals surface area contributed by atoms with Gasteiger partial charge in [0.1, 0.15) is 22.2 Å². The number of rotatable bonds is 4. The van der Waals surface area contributed by atoms with Gasteiger partial charge >= 0.3 is 0 Å². The Morgan fingerprint density at radius 3 is 2.35 bits per heavy atom. The van der Waals surface area contributed by atoms with Gasteiger partial charge < -0.3 is 4.52 Å². The molecule has 0 saturated heterocycles. The molecule has 0 unspecified atom stereocenters. The van der Waals surface area contributed by atoms with Gasteiger partial charge in [-0.3, -0.25) is 0 Å². The monoisotopic (exact) mass is 402 g/mol. The van der Waals surface area contributed by atoms with Gasteiger partial charge in [-0.05, 0) is 24.3 Å². The Morgan fingerprint density at radius 1 is 1.12 bits per heavy atom. The van der Waals surface area contributed by atoms with Gasteiger partial charge in [-0.25, -0.2) is 26.7 Å². The number of benzene rings is 2. The Kier molecular flexibility index (Phi) is 4.78. The molecule has 10 heteroatoms. The van der Waals surface area contributed by atoms with E-state index >= 15 is 0 Å². The highest BCUT2D eigenvalue weighted by molar-refractivity contribution is 7.89. The average molecular weight is 403 g/mol. The Morgan fingerprint density at radius 2 is 1.77 bits per heavy atom. The van der Waals surface area contributed by atoms with Gasteiger partial charge in [0.05, 0.1) is 5.56 Å². The standard InChI is InChI=1S/C16H10ClF3N2O3S/c17-9-3-1-8(2-4-9)16-15(13(7-18)25-22-16)10-5-12(20)14(6-11(10)19)26(21,23)24/h1-6H,7H2,(H2,21,23,24). The Labute approximate surface area is 151 Å². The van der Waals surface area contributed by atoms with Crippen LogP contribution in [0.5, 0.6) is 0 Å². The minimum absolute atomic E-state index is 0.0518. The highest BCUT2D eigenvalue weighted by atomic mass is 35.5. The van der Waals surface area contributed by atoms with E-state index < -0.39 is 38.8 Å². The van der Waals surface area contributed by atoms with E-state index in [0.29, 0.717) is 22.7 Å². The molecular weight excluding hydrogens is 393 g/mol. The van der Waals surface area contributed by atoms with E-state index in [2.05, 4.69) is 5.16 Å². The fourth-order valence-electron chi connectivity index (χ4n) is 2.44. The molecule has 0 fully saturated rings. The second-order valence-corrected chi connectivity index (χ2v) is 7.24. The van der Waals surface area contributed by atoms with Crippen molar-refractivity contribution < 1.29 is 26.1 Å². The lowest BCUT2D eigenvalue weighted by molar-refractivity contribution is 0.332. The zero-order chi connectivity index (χ0) is 19.1. The van der Waals surface area contributed by atoms with Crippen LogP contribution < -0.4 is 5.14 Å². The lowest BCUT2D eigenvalue weighted by atomic mass is 9.99. The third kappa shape index (κ3) is 3.33. The average Bonchev–Trinajstić information content (AvgIpc) is 3.00. The van der Waals surface area contributed by atoms with E-state index in [1.807, 2.05) is 0 Å². The zero-order valence-corrected chi connectivity index (χ0v) is 14.4. The molecule has 0 atom stereocenters. The summed E-state index contributed by atoms with van der Waals surface area (Å²) in [5.41, 5.74) is -0.0694. The topological polar surface area (TPSA) is 86.2 Å². The fourth-order valence-corrected chi connectivity index (χ4v) is 3.16. The van der Waals surface area contributed by atoms with Gasteiger partial charge in [0.15, 0.2) is 12.4 Å². The summed E-state index contributed by atoms with van der Waals surface area (Å²) in [5.74, 6) is -2.74. The Bertz CT molecular complexity index is 1080. The van der Waals surface area contributed by atoms with Crippen molar-refractivity contribution in [3.05, 3.63) is 58.8 Å². The number of primary sulfonamides is 1. The summed E-state index contributed by atoms with van der Waals surface area (Å²) in [6.07, 6.45) is 0. The molecule has 3 rings (SSSR count). The number of aromatic nitrogens is 1. The van der Waals surface area contributed by atoms with Crippen LogP contribution in [0.25, 0.3) is 22.4 Å². The molecule has 136 valence electrons. The van der Waals surface area contributed by atoms with Crippen LogP contribution >= 0.6 is 11.6 Å². The van der Waals surface area contributed by atoms with Crippen molar-refractivity contribution in [2.45, 2.75) is 11.6 Å². The quantitative estimate of drug-likeness (QED) is 0.713. The van der Waals surface area contributed by atoms with Crippen molar-refractivity contribution in [2.24, 2.45) is 5.14 Å². The second kappa shape index (κ2) is 6.75. The minimum atomic E-state index is -4.47. The lowest BCUT2D eigenvalue weighted by Crippen LogP contribution is -2.14. The van der Waals surface area contributed by atoms with Crippen molar-refractivity contribution in [2.75, 3.05) is 0 Å². The van der Waals surface area contributed by atoms with Crippen LogP contribution in [0.3, 0.4) is 0 Å². The van der Waals surface area contributed by atoms with E-state index in [1.54, 1.807) is 12.1 Å².